The predicted octanol–water partition coefficient (Wildman–Crippen LogP) is 5.09. The topological polar surface area (TPSA) is 0 Å². The Balaban J connectivity index is 2.56. The van der Waals surface area contributed by atoms with Gasteiger partial charge in [-0.05, 0) is 33.7 Å². The van der Waals surface area contributed by atoms with Crippen LogP contribution in [0.4, 0.5) is 0 Å². The van der Waals surface area contributed by atoms with Crippen LogP contribution in [0.1, 0.15) is 50.7 Å². The molecule has 0 saturated heterocycles. The molecule has 0 N–H and O–H groups in total. The van der Waals surface area contributed by atoms with Gasteiger partial charge >= 0.3 is 0 Å². The van der Waals surface area contributed by atoms with E-state index in [4.69, 9.17) is 0 Å². The van der Waals surface area contributed by atoms with E-state index in [0.717, 1.165) is 0 Å². The summed E-state index contributed by atoms with van der Waals surface area (Å²) in [7, 11) is 0. The smallest absolute Gasteiger partial charge is 0.0178 e. The van der Waals surface area contributed by atoms with Crippen LogP contribution in [-0.4, -0.2) is 0 Å². The van der Waals surface area contributed by atoms with Gasteiger partial charge in [0.15, 0.2) is 0 Å². The summed E-state index contributed by atoms with van der Waals surface area (Å²) in [6.45, 7) is 8.97. The van der Waals surface area contributed by atoms with Gasteiger partial charge in [-0.25, -0.2) is 0 Å². The molecule has 16 heavy (non-hydrogen) atoms. The largest absolute Gasteiger partial charge is 0.0587 e. The van der Waals surface area contributed by atoms with Gasteiger partial charge in [0.1, 0.15) is 0 Å². The molecule has 0 atom stereocenters. The van der Waals surface area contributed by atoms with Gasteiger partial charge in [-0.2, -0.15) is 0 Å². The van der Waals surface area contributed by atoms with Crippen molar-refractivity contribution in [2.45, 2.75) is 39.5 Å². The number of benzene rings is 2. The standard InChI is InChI=1S/C16H20/c1-11(2)14-7-5-13-6-8-15(12(3)4)10-16(13)9-14/h5-12H,1-4H3. The second-order valence-electron chi connectivity index (χ2n) is 5.18. The molecule has 2 aromatic carbocycles. The monoisotopic (exact) mass is 212 g/mol. The lowest BCUT2D eigenvalue weighted by molar-refractivity contribution is 0.865. The molecule has 2 rings (SSSR count). The lowest BCUT2D eigenvalue weighted by Gasteiger charge is -2.10. The Bertz CT molecular complexity index is 450. The third-order valence-electron chi connectivity index (χ3n) is 3.22. The van der Waals surface area contributed by atoms with Crippen LogP contribution in [0.3, 0.4) is 0 Å². The van der Waals surface area contributed by atoms with E-state index in [1.54, 1.807) is 0 Å². The highest BCUT2D eigenvalue weighted by Gasteiger charge is 2.03. The molecule has 0 bridgehead atoms. The molecule has 0 aliphatic carbocycles. The summed E-state index contributed by atoms with van der Waals surface area (Å²) in [4.78, 5) is 0. The molecule has 0 spiro atoms. The van der Waals surface area contributed by atoms with Crippen LogP contribution in [0.5, 0.6) is 0 Å². The van der Waals surface area contributed by atoms with Gasteiger partial charge in [-0.15, -0.1) is 0 Å². The van der Waals surface area contributed by atoms with Crippen molar-refractivity contribution in [3.63, 3.8) is 0 Å². The minimum absolute atomic E-state index is 0.604. The minimum atomic E-state index is 0.604. The lowest BCUT2D eigenvalue weighted by Crippen LogP contribution is -1.89. The zero-order valence-corrected chi connectivity index (χ0v) is 10.6. The third-order valence-corrected chi connectivity index (χ3v) is 3.22. The maximum atomic E-state index is 2.33. The Kier molecular flexibility index (Phi) is 3.00. The summed E-state index contributed by atoms with van der Waals surface area (Å²) in [6.07, 6.45) is 0. The molecular weight excluding hydrogens is 192 g/mol. The SMILES string of the molecule is CC(C)c1ccc2ccc(C(C)C)cc2c1. The van der Waals surface area contributed by atoms with Crippen molar-refractivity contribution < 1.29 is 0 Å². The van der Waals surface area contributed by atoms with Crippen molar-refractivity contribution in [1.29, 1.82) is 0 Å². The van der Waals surface area contributed by atoms with Gasteiger partial charge in [0, 0.05) is 0 Å². The van der Waals surface area contributed by atoms with Gasteiger partial charge in [-0.3, -0.25) is 0 Å². The van der Waals surface area contributed by atoms with Crippen LogP contribution in [0.15, 0.2) is 36.4 Å². The van der Waals surface area contributed by atoms with E-state index in [1.807, 2.05) is 0 Å². The van der Waals surface area contributed by atoms with E-state index in [-0.39, 0.29) is 0 Å². The van der Waals surface area contributed by atoms with Gasteiger partial charge < -0.3 is 0 Å². The van der Waals surface area contributed by atoms with Gasteiger partial charge in [0.05, 0.1) is 0 Å². The van der Waals surface area contributed by atoms with Gasteiger partial charge in [-0.1, -0.05) is 64.1 Å². The molecule has 0 nitrogen and oxygen atoms in total. The first kappa shape index (κ1) is 11.2. The van der Waals surface area contributed by atoms with E-state index < -0.39 is 0 Å². The van der Waals surface area contributed by atoms with Crippen LogP contribution < -0.4 is 0 Å². The number of fused-ring (bicyclic) bond motifs is 1. The molecule has 0 radical (unpaired) electrons. The molecule has 0 fully saturated rings. The molecule has 0 saturated carbocycles. The zero-order chi connectivity index (χ0) is 11.7. The molecule has 0 unspecified atom stereocenters. The molecule has 0 aliphatic heterocycles. The summed E-state index contributed by atoms with van der Waals surface area (Å²) >= 11 is 0. The van der Waals surface area contributed by atoms with Crippen LogP contribution in [-0.2, 0) is 0 Å². The number of rotatable bonds is 2. The van der Waals surface area contributed by atoms with E-state index in [1.165, 1.54) is 21.9 Å². The van der Waals surface area contributed by atoms with Crippen molar-refractivity contribution in [2.75, 3.05) is 0 Å². The first-order chi connectivity index (χ1) is 7.58. The Morgan fingerprint density at radius 2 is 1.06 bits per heavy atom. The van der Waals surface area contributed by atoms with E-state index in [2.05, 4.69) is 64.1 Å². The van der Waals surface area contributed by atoms with Crippen LogP contribution >= 0.6 is 0 Å². The van der Waals surface area contributed by atoms with Gasteiger partial charge in [0.2, 0.25) is 0 Å². The number of hydrogen-bond acceptors (Lipinski definition) is 0. The van der Waals surface area contributed by atoms with E-state index >= 15 is 0 Å². The summed E-state index contributed by atoms with van der Waals surface area (Å²) < 4.78 is 0. The van der Waals surface area contributed by atoms with Crippen LogP contribution in [0.25, 0.3) is 10.8 Å². The Hall–Kier alpha value is -1.30. The molecule has 0 heterocycles. The second kappa shape index (κ2) is 4.29. The fourth-order valence-corrected chi connectivity index (χ4v) is 2.00. The molecule has 2 aromatic rings. The molecule has 0 amide bonds. The van der Waals surface area contributed by atoms with Crippen molar-refractivity contribution in [3.8, 4) is 0 Å². The fraction of sp³-hybridized carbons (Fsp3) is 0.375. The summed E-state index contributed by atoms with van der Waals surface area (Å²) in [5.74, 6) is 1.21. The average molecular weight is 212 g/mol. The van der Waals surface area contributed by atoms with Crippen molar-refractivity contribution in [2.24, 2.45) is 0 Å². The van der Waals surface area contributed by atoms with E-state index in [0.29, 0.717) is 11.8 Å². The minimum Gasteiger partial charge on any atom is -0.0587 e. The van der Waals surface area contributed by atoms with Crippen molar-refractivity contribution in [3.05, 3.63) is 47.5 Å². The maximum absolute atomic E-state index is 2.33. The predicted molar refractivity (Wildman–Crippen MR) is 72.1 cm³/mol. The molecule has 0 aliphatic rings. The summed E-state index contributed by atoms with van der Waals surface area (Å²) in [6, 6.07) is 13.6. The maximum Gasteiger partial charge on any atom is -0.0178 e. The summed E-state index contributed by atoms with van der Waals surface area (Å²) in [5.41, 5.74) is 2.85. The quantitative estimate of drug-likeness (QED) is 0.650. The number of hydrogen-bond donors (Lipinski definition) is 0. The lowest BCUT2D eigenvalue weighted by atomic mass is 9.95. The zero-order valence-electron chi connectivity index (χ0n) is 10.6. The van der Waals surface area contributed by atoms with Crippen molar-refractivity contribution in [1.82, 2.24) is 0 Å². The third kappa shape index (κ3) is 2.11. The normalized spacial score (nSPS) is 11.6. The average Bonchev–Trinajstić information content (AvgIpc) is 2.27. The Labute approximate surface area is 98.3 Å². The van der Waals surface area contributed by atoms with Crippen LogP contribution in [0.2, 0.25) is 0 Å². The van der Waals surface area contributed by atoms with Crippen molar-refractivity contribution >= 4 is 10.8 Å². The fourth-order valence-electron chi connectivity index (χ4n) is 2.00. The molecular formula is C16H20. The first-order valence-electron chi connectivity index (χ1n) is 6.11. The molecule has 84 valence electrons. The highest BCUT2D eigenvalue weighted by Crippen LogP contribution is 2.24. The van der Waals surface area contributed by atoms with Gasteiger partial charge in [0.25, 0.3) is 0 Å². The second-order valence-corrected chi connectivity index (χ2v) is 5.18. The molecule has 0 heteroatoms. The Morgan fingerprint density at radius 3 is 1.44 bits per heavy atom. The van der Waals surface area contributed by atoms with E-state index in [9.17, 15) is 0 Å². The highest BCUT2D eigenvalue weighted by molar-refractivity contribution is 5.84. The molecule has 0 aromatic heterocycles. The Morgan fingerprint density at radius 1 is 0.625 bits per heavy atom. The first-order valence-corrected chi connectivity index (χ1v) is 6.11. The summed E-state index contributed by atoms with van der Waals surface area (Å²) in [5, 5.41) is 2.71. The van der Waals surface area contributed by atoms with Crippen LogP contribution in [0, 0.1) is 0 Å². The highest BCUT2D eigenvalue weighted by atomic mass is 14.1.